The van der Waals surface area contributed by atoms with E-state index in [2.05, 4.69) is 5.32 Å². The molecule has 1 aliphatic heterocycles. The van der Waals surface area contributed by atoms with Crippen molar-refractivity contribution in [3.05, 3.63) is 59.7 Å². The van der Waals surface area contributed by atoms with Crippen molar-refractivity contribution in [3.63, 3.8) is 0 Å². The highest BCUT2D eigenvalue weighted by Crippen LogP contribution is 2.44. The summed E-state index contributed by atoms with van der Waals surface area (Å²) in [4.78, 5) is 60.2. The lowest BCUT2D eigenvalue weighted by atomic mass is 9.98. The topological polar surface area (TPSA) is 153 Å². The second-order valence-corrected chi connectivity index (χ2v) is 11.4. The van der Waals surface area contributed by atoms with Gasteiger partial charge in [-0.3, -0.25) is 14.4 Å². The zero-order chi connectivity index (χ0) is 31.8. The molecular formula is C31H35NO11S. The number of hydrogen-bond donors (Lipinski definition) is 1. The first-order chi connectivity index (χ1) is 21.1. The summed E-state index contributed by atoms with van der Waals surface area (Å²) in [6.07, 6.45) is -4.79. The monoisotopic (exact) mass is 629 g/mol. The molecule has 2 aliphatic rings. The van der Waals surface area contributed by atoms with Crippen molar-refractivity contribution in [2.24, 2.45) is 0 Å². The van der Waals surface area contributed by atoms with Crippen LogP contribution in [0.4, 0.5) is 4.79 Å². The normalized spacial score (nSPS) is 20.9. The van der Waals surface area contributed by atoms with Crippen LogP contribution in [-0.4, -0.2) is 85.8 Å². The maximum absolute atomic E-state index is 12.8. The molecule has 1 fully saturated rings. The number of amides is 1. The van der Waals surface area contributed by atoms with E-state index in [4.69, 9.17) is 28.4 Å². The minimum Gasteiger partial charge on any atom is -0.467 e. The third-order valence-electron chi connectivity index (χ3n) is 7.11. The summed E-state index contributed by atoms with van der Waals surface area (Å²) in [6.45, 7) is 3.64. The Kier molecular flexibility index (Phi) is 11.2. The summed E-state index contributed by atoms with van der Waals surface area (Å²) < 4.78 is 32.0. The van der Waals surface area contributed by atoms with Crippen molar-refractivity contribution in [1.82, 2.24) is 5.32 Å². The minimum absolute atomic E-state index is 0.0893. The van der Waals surface area contributed by atoms with E-state index >= 15 is 0 Å². The molecule has 1 amide bonds. The summed E-state index contributed by atoms with van der Waals surface area (Å²) in [6, 6.07) is 14.9. The Bertz CT molecular complexity index is 1340. The number of hydrogen-bond acceptors (Lipinski definition) is 12. The summed E-state index contributed by atoms with van der Waals surface area (Å²) in [5.41, 5.74) is 4.33. The van der Waals surface area contributed by atoms with Gasteiger partial charge in [-0.05, 0) is 34.4 Å². The summed E-state index contributed by atoms with van der Waals surface area (Å²) in [7, 11) is 1.22. The van der Waals surface area contributed by atoms with Gasteiger partial charge in [0.25, 0.3) is 0 Å². The highest BCUT2D eigenvalue weighted by Gasteiger charge is 2.50. The second kappa shape index (κ2) is 15.1. The van der Waals surface area contributed by atoms with E-state index in [9.17, 15) is 24.0 Å². The molecule has 2 aromatic rings. The predicted molar refractivity (Wildman–Crippen MR) is 157 cm³/mol. The third kappa shape index (κ3) is 8.08. The summed E-state index contributed by atoms with van der Waals surface area (Å²) in [5, 5.41) is 2.60. The maximum atomic E-state index is 12.8. The fourth-order valence-corrected chi connectivity index (χ4v) is 6.38. The van der Waals surface area contributed by atoms with Gasteiger partial charge >= 0.3 is 30.0 Å². The number of carbonyl (C=O) groups is 5. The Balaban J connectivity index is 1.32. The number of rotatable bonds is 12. The van der Waals surface area contributed by atoms with Crippen LogP contribution in [0.15, 0.2) is 48.5 Å². The van der Waals surface area contributed by atoms with E-state index in [0.717, 1.165) is 22.3 Å². The fraction of sp³-hybridized carbons (Fsp3) is 0.452. The number of ether oxygens (including phenoxy) is 6. The number of fused-ring (bicyclic) bond motifs is 3. The van der Waals surface area contributed by atoms with Gasteiger partial charge in [0, 0.05) is 32.4 Å². The van der Waals surface area contributed by atoms with E-state index in [-0.39, 0.29) is 24.7 Å². The first-order valence-corrected chi connectivity index (χ1v) is 15.2. The van der Waals surface area contributed by atoms with Gasteiger partial charge in [0.2, 0.25) is 12.4 Å². The van der Waals surface area contributed by atoms with Gasteiger partial charge < -0.3 is 33.7 Å². The van der Waals surface area contributed by atoms with Gasteiger partial charge in [0.15, 0.2) is 6.10 Å². The van der Waals surface area contributed by atoms with Crippen LogP contribution in [0.5, 0.6) is 0 Å². The molecule has 12 nitrogen and oxygen atoms in total. The molecule has 0 aromatic heterocycles. The molecule has 1 saturated heterocycles. The van der Waals surface area contributed by atoms with Crippen LogP contribution in [0.1, 0.15) is 44.2 Å². The smallest absolute Gasteiger partial charge is 0.407 e. The molecule has 5 atom stereocenters. The molecule has 1 aliphatic carbocycles. The molecule has 0 radical (unpaired) electrons. The van der Waals surface area contributed by atoms with Gasteiger partial charge in [-0.25, -0.2) is 9.59 Å². The summed E-state index contributed by atoms with van der Waals surface area (Å²) >= 11 is 1.33. The zero-order valence-electron chi connectivity index (χ0n) is 24.8. The molecular weight excluding hydrogens is 594 g/mol. The number of thioether (sulfide) groups is 1. The van der Waals surface area contributed by atoms with Crippen LogP contribution < -0.4 is 5.32 Å². The Hall–Kier alpha value is -4.10. The Morgan fingerprint density at radius 1 is 0.841 bits per heavy atom. The van der Waals surface area contributed by atoms with E-state index < -0.39 is 60.6 Å². The van der Waals surface area contributed by atoms with Crippen LogP contribution in [-0.2, 0) is 47.6 Å². The van der Waals surface area contributed by atoms with Crippen molar-refractivity contribution < 1.29 is 52.4 Å². The lowest BCUT2D eigenvalue weighted by Gasteiger charge is -2.23. The standard InChI is InChI=1S/C31H35NO11S/c1-17(33)40-27-26(43-30(42-19(3)35)28(27)41-18(2)34)16-44-14-13-25(29(36)38-4)32-31(37)39-15-24-22-11-7-5-9-20(22)21-10-6-8-12-23(21)24/h5-12,24-28,30H,13-16H2,1-4H3,(H,32,37)/t25?,26-,27-,28-,30?/m1/s1. The van der Waals surface area contributed by atoms with E-state index in [1.54, 1.807) is 0 Å². The maximum Gasteiger partial charge on any atom is 0.407 e. The summed E-state index contributed by atoms with van der Waals surface area (Å²) in [5.74, 6) is -2.16. The predicted octanol–water partition coefficient (Wildman–Crippen LogP) is 3.34. The highest BCUT2D eigenvalue weighted by molar-refractivity contribution is 7.99. The number of nitrogens with one attached hydrogen (secondary N) is 1. The molecule has 0 saturated carbocycles. The molecule has 2 unspecified atom stereocenters. The van der Waals surface area contributed by atoms with Crippen LogP contribution in [0.2, 0.25) is 0 Å². The average molecular weight is 630 g/mol. The number of benzene rings is 2. The quantitative estimate of drug-likeness (QED) is 0.208. The first kappa shape index (κ1) is 32.8. The average Bonchev–Trinajstić information content (AvgIpc) is 3.46. The lowest BCUT2D eigenvalue weighted by molar-refractivity contribution is -0.194. The van der Waals surface area contributed by atoms with E-state index in [0.29, 0.717) is 5.75 Å². The Morgan fingerprint density at radius 3 is 1.98 bits per heavy atom. The third-order valence-corrected chi connectivity index (χ3v) is 8.20. The molecule has 2 aromatic carbocycles. The van der Waals surface area contributed by atoms with Gasteiger partial charge in [0.1, 0.15) is 18.8 Å². The van der Waals surface area contributed by atoms with Gasteiger partial charge in [-0.1, -0.05) is 48.5 Å². The van der Waals surface area contributed by atoms with E-state index in [1.807, 2.05) is 48.5 Å². The highest BCUT2D eigenvalue weighted by atomic mass is 32.2. The van der Waals surface area contributed by atoms with Crippen LogP contribution in [0, 0.1) is 0 Å². The Labute approximate surface area is 259 Å². The largest absolute Gasteiger partial charge is 0.467 e. The lowest BCUT2D eigenvalue weighted by Crippen LogP contribution is -2.42. The van der Waals surface area contributed by atoms with Crippen LogP contribution in [0.25, 0.3) is 11.1 Å². The van der Waals surface area contributed by atoms with E-state index in [1.165, 1.54) is 39.6 Å². The molecule has 1 heterocycles. The number of esters is 4. The van der Waals surface area contributed by atoms with Crippen LogP contribution >= 0.6 is 11.8 Å². The number of alkyl carbamates (subject to hydrolysis) is 1. The Morgan fingerprint density at radius 2 is 1.41 bits per heavy atom. The van der Waals surface area contributed by atoms with Crippen molar-refractivity contribution in [2.45, 2.75) is 63.8 Å². The van der Waals surface area contributed by atoms with Crippen molar-refractivity contribution >= 4 is 41.7 Å². The fourth-order valence-electron chi connectivity index (χ4n) is 5.31. The van der Waals surface area contributed by atoms with Gasteiger partial charge in [-0.15, -0.1) is 0 Å². The molecule has 4 rings (SSSR count). The molecule has 0 bridgehead atoms. The first-order valence-electron chi connectivity index (χ1n) is 14.0. The molecule has 13 heteroatoms. The zero-order valence-corrected chi connectivity index (χ0v) is 25.6. The number of carbonyl (C=O) groups excluding carboxylic acids is 5. The minimum atomic E-state index is -1.26. The van der Waals surface area contributed by atoms with Crippen molar-refractivity contribution in [2.75, 3.05) is 25.2 Å². The van der Waals surface area contributed by atoms with Gasteiger partial charge in [-0.2, -0.15) is 11.8 Å². The van der Waals surface area contributed by atoms with Crippen molar-refractivity contribution in [3.8, 4) is 11.1 Å². The number of methoxy groups -OCH3 is 1. The molecule has 1 N–H and O–H groups in total. The van der Waals surface area contributed by atoms with Crippen molar-refractivity contribution in [1.29, 1.82) is 0 Å². The van der Waals surface area contributed by atoms with Gasteiger partial charge in [0.05, 0.1) is 7.11 Å². The van der Waals surface area contributed by atoms with Crippen LogP contribution in [0.3, 0.4) is 0 Å². The molecule has 236 valence electrons. The molecule has 44 heavy (non-hydrogen) atoms. The second-order valence-electron chi connectivity index (χ2n) is 10.2. The molecule has 0 spiro atoms. The SMILES string of the molecule is COC(=O)C(CCSC[C@H]1OC(OC(C)=O)[C@H](OC(C)=O)[C@@H]1OC(C)=O)NC(=O)OCC1c2ccccc2-c2ccccc21.